The second kappa shape index (κ2) is 5.78. The summed E-state index contributed by atoms with van der Waals surface area (Å²) in [6.45, 7) is 8.02. The molecule has 0 aliphatic heterocycles. The Morgan fingerprint density at radius 1 is 1.21 bits per heavy atom. The Kier molecular flexibility index (Phi) is 3.91. The van der Waals surface area contributed by atoms with Crippen LogP contribution < -0.4 is 10.3 Å². The highest BCUT2D eigenvalue weighted by Gasteiger charge is 2.19. The van der Waals surface area contributed by atoms with Crippen LogP contribution in [0.15, 0.2) is 23.0 Å². The molecule has 24 heavy (non-hydrogen) atoms. The molecule has 0 spiro atoms. The molecule has 0 aromatic carbocycles. The van der Waals surface area contributed by atoms with Crippen molar-refractivity contribution in [1.29, 1.82) is 0 Å². The quantitative estimate of drug-likeness (QED) is 0.742. The third-order valence-corrected chi connectivity index (χ3v) is 4.34. The molecule has 3 heterocycles. The molecular formula is C18H22N4O2. The molecule has 0 atom stereocenters. The van der Waals surface area contributed by atoms with Crippen LogP contribution in [-0.4, -0.2) is 26.3 Å². The van der Waals surface area contributed by atoms with E-state index in [0.29, 0.717) is 17.2 Å². The Hall–Kier alpha value is -2.63. The molecule has 0 fully saturated rings. The van der Waals surface area contributed by atoms with E-state index in [9.17, 15) is 4.79 Å². The molecule has 3 rings (SSSR count). The van der Waals surface area contributed by atoms with Crippen molar-refractivity contribution in [2.45, 2.75) is 33.6 Å². The van der Waals surface area contributed by atoms with Crippen molar-refractivity contribution >= 4 is 5.52 Å². The normalized spacial score (nSPS) is 11.5. The molecule has 0 amide bonds. The molecule has 0 aliphatic rings. The lowest BCUT2D eigenvalue weighted by Gasteiger charge is -2.12. The maximum absolute atomic E-state index is 13.0. The summed E-state index contributed by atoms with van der Waals surface area (Å²) >= 11 is 0. The summed E-state index contributed by atoms with van der Waals surface area (Å²) in [7, 11) is 3.33. The number of methoxy groups -OCH3 is 1. The zero-order valence-electron chi connectivity index (χ0n) is 14.9. The average molecular weight is 326 g/mol. The van der Waals surface area contributed by atoms with Crippen molar-refractivity contribution in [1.82, 2.24) is 19.2 Å². The lowest BCUT2D eigenvalue weighted by molar-refractivity contribution is 0.397. The van der Waals surface area contributed by atoms with E-state index in [1.807, 2.05) is 26.0 Å². The minimum absolute atomic E-state index is 0.0491. The van der Waals surface area contributed by atoms with E-state index in [4.69, 9.17) is 9.84 Å². The summed E-state index contributed by atoms with van der Waals surface area (Å²) in [5, 5.41) is 4.72. The molecule has 0 saturated carbocycles. The van der Waals surface area contributed by atoms with Crippen LogP contribution in [0.4, 0.5) is 0 Å². The Morgan fingerprint density at radius 3 is 2.50 bits per heavy atom. The molecule has 0 saturated heterocycles. The molecule has 0 radical (unpaired) electrons. The molecule has 126 valence electrons. The van der Waals surface area contributed by atoms with Crippen LogP contribution in [-0.2, 0) is 7.05 Å². The number of hydrogen-bond donors (Lipinski definition) is 0. The summed E-state index contributed by atoms with van der Waals surface area (Å²) in [6, 6.07) is 5.70. The van der Waals surface area contributed by atoms with Gasteiger partial charge in [0, 0.05) is 24.4 Å². The lowest BCUT2D eigenvalue weighted by Crippen LogP contribution is -2.24. The van der Waals surface area contributed by atoms with Crippen LogP contribution in [0.2, 0.25) is 0 Å². The first-order valence-corrected chi connectivity index (χ1v) is 7.96. The van der Waals surface area contributed by atoms with Gasteiger partial charge in [0.05, 0.1) is 12.8 Å². The number of hydrogen-bond acceptors (Lipinski definition) is 4. The van der Waals surface area contributed by atoms with Crippen molar-refractivity contribution in [2.75, 3.05) is 7.11 Å². The predicted octanol–water partition coefficient (Wildman–Crippen LogP) is 2.84. The van der Waals surface area contributed by atoms with Crippen LogP contribution in [0, 0.1) is 13.8 Å². The van der Waals surface area contributed by atoms with Crippen molar-refractivity contribution in [2.24, 2.45) is 7.05 Å². The summed E-state index contributed by atoms with van der Waals surface area (Å²) < 4.78 is 8.49. The predicted molar refractivity (Wildman–Crippen MR) is 93.8 cm³/mol. The number of nitrogens with zero attached hydrogens (tertiary/aromatic N) is 4. The minimum Gasteiger partial charge on any atom is -0.481 e. The van der Waals surface area contributed by atoms with Crippen LogP contribution in [0.5, 0.6) is 5.88 Å². The number of rotatable bonds is 3. The SMILES string of the molecule is COc1ccc(-c2nn3c(C)cc(C(C)C)c3c(=O)n2C)c(C)n1. The van der Waals surface area contributed by atoms with Crippen molar-refractivity contribution in [3.05, 3.63) is 45.5 Å². The molecule has 0 aliphatic carbocycles. The maximum atomic E-state index is 13.0. The van der Waals surface area contributed by atoms with Gasteiger partial charge < -0.3 is 4.74 Å². The van der Waals surface area contributed by atoms with Gasteiger partial charge >= 0.3 is 0 Å². The van der Waals surface area contributed by atoms with E-state index < -0.39 is 0 Å². The van der Waals surface area contributed by atoms with Gasteiger partial charge in [0.15, 0.2) is 5.82 Å². The fourth-order valence-corrected chi connectivity index (χ4v) is 2.98. The number of fused-ring (bicyclic) bond motifs is 1. The number of aryl methyl sites for hydroxylation is 2. The van der Waals surface area contributed by atoms with Gasteiger partial charge in [0.25, 0.3) is 5.56 Å². The van der Waals surface area contributed by atoms with Gasteiger partial charge in [-0.3, -0.25) is 9.36 Å². The van der Waals surface area contributed by atoms with Crippen LogP contribution in [0.25, 0.3) is 16.9 Å². The van der Waals surface area contributed by atoms with Gasteiger partial charge in [-0.2, -0.15) is 0 Å². The summed E-state index contributed by atoms with van der Waals surface area (Å²) in [5.74, 6) is 1.40. The minimum atomic E-state index is -0.0491. The molecule has 6 heteroatoms. The van der Waals surface area contributed by atoms with Gasteiger partial charge in [-0.15, -0.1) is 5.10 Å². The van der Waals surface area contributed by atoms with E-state index in [1.165, 1.54) is 0 Å². The van der Waals surface area contributed by atoms with Gasteiger partial charge in [0.1, 0.15) is 5.52 Å². The Morgan fingerprint density at radius 2 is 1.92 bits per heavy atom. The highest BCUT2D eigenvalue weighted by atomic mass is 16.5. The first-order valence-electron chi connectivity index (χ1n) is 7.96. The van der Waals surface area contributed by atoms with Gasteiger partial charge in [-0.05, 0) is 37.5 Å². The number of ether oxygens (including phenoxy) is 1. The topological polar surface area (TPSA) is 61.4 Å². The highest BCUT2D eigenvalue weighted by Crippen LogP contribution is 2.25. The molecule has 6 nitrogen and oxygen atoms in total. The van der Waals surface area contributed by atoms with Crippen molar-refractivity contribution in [3.63, 3.8) is 0 Å². The fourth-order valence-electron chi connectivity index (χ4n) is 2.98. The Bertz CT molecular complexity index is 983. The molecule has 3 aromatic heterocycles. The highest BCUT2D eigenvalue weighted by molar-refractivity contribution is 5.63. The van der Waals surface area contributed by atoms with Gasteiger partial charge in [0.2, 0.25) is 5.88 Å². The largest absolute Gasteiger partial charge is 0.481 e. The molecule has 3 aromatic rings. The zero-order chi connectivity index (χ0) is 17.6. The first-order chi connectivity index (χ1) is 11.3. The van der Waals surface area contributed by atoms with E-state index in [1.54, 1.807) is 29.3 Å². The third kappa shape index (κ3) is 2.38. The van der Waals surface area contributed by atoms with Crippen molar-refractivity contribution < 1.29 is 4.74 Å². The van der Waals surface area contributed by atoms with E-state index in [-0.39, 0.29) is 11.5 Å². The second-order valence-electron chi connectivity index (χ2n) is 6.33. The molecule has 0 N–H and O–H groups in total. The second-order valence-corrected chi connectivity index (χ2v) is 6.33. The van der Waals surface area contributed by atoms with Gasteiger partial charge in [-0.1, -0.05) is 13.8 Å². The van der Waals surface area contributed by atoms with E-state index in [2.05, 4.69) is 18.8 Å². The fraction of sp³-hybridized carbons (Fsp3) is 0.389. The molecule has 0 bridgehead atoms. The van der Waals surface area contributed by atoms with Crippen LogP contribution in [0.3, 0.4) is 0 Å². The van der Waals surface area contributed by atoms with Crippen molar-refractivity contribution in [3.8, 4) is 17.3 Å². The summed E-state index contributed by atoms with van der Waals surface area (Å²) in [5.41, 5.74) is 4.16. The summed E-state index contributed by atoms with van der Waals surface area (Å²) in [6.07, 6.45) is 0. The third-order valence-electron chi connectivity index (χ3n) is 4.34. The monoisotopic (exact) mass is 326 g/mol. The average Bonchev–Trinajstić information content (AvgIpc) is 2.88. The lowest BCUT2D eigenvalue weighted by atomic mass is 10.1. The summed E-state index contributed by atoms with van der Waals surface area (Å²) in [4.78, 5) is 17.3. The molecular weight excluding hydrogens is 304 g/mol. The Labute approximate surface area is 140 Å². The van der Waals surface area contributed by atoms with Crippen LogP contribution in [0.1, 0.15) is 36.7 Å². The number of pyridine rings is 1. The van der Waals surface area contributed by atoms with E-state index >= 15 is 0 Å². The molecule has 0 unspecified atom stereocenters. The maximum Gasteiger partial charge on any atom is 0.278 e. The first kappa shape index (κ1) is 16.2. The Balaban J connectivity index is 2.34. The van der Waals surface area contributed by atoms with Gasteiger partial charge in [-0.25, -0.2) is 9.50 Å². The van der Waals surface area contributed by atoms with E-state index in [0.717, 1.165) is 22.5 Å². The number of aromatic nitrogens is 4. The smallest absolute Gasteiger partial charge is 0.278 e. The standard InChI is InChI=1S/C18H22N4O2/c1-10(2)14-9-11(3)22-16(14)18(23)21(5)17(20-22)13-7-8-15(24-6)19-12(13)4/h7-10H,1-6H3. The van der Waals surface area contributed by atoms with Crippen LogP contribution >= 0.6 is 0 Å². The zero-order valence-corrected chi connectivity index (χ0v) is 14.9.